The smallest absolute Gasteiger partial charge is 0.0517 e. The van der Waals surface area contributed by atoms with Crippen molar-refractivity contribution in [1.82, 2.24) is 5.32 Å². The lowest BCUT2D eigenvalue weighted by molar-refractivity contribution is 0.0872. The molecule has 1 heterocycles. The van der Waals surface area contributed by atoms with Gasteiger partial charge in [-0.05, 0) is 45.1 Å². The molecule has 94 valence electrons. The van der Waals surface area contributed by atoms with E-state index in [1.807, 2.05) is 0 Å². The summed E-state index contributed by atoms with van der Waals surface area (Å²) in [4.78, 5) is 0. The fraction of sp³-hybridized carbons (Fsp3) is 1.00. The second-order valence-corrected chi connectivity index (χ2v) is 5.09. The first-order valence-corrected chi connectivity index (χ1v) is 6.84. The Kier molecular flexibility index (Phi) is 5.59. The largest absolute Gasteiger partial charge is 0.381 e. The Balaban J connectivity index is 1.29. The molecule has 3 nitrogen and oxygen atoms in total. The molecule has 1 atom stereocenters. The summed E-state index contributed by atoms with van der Waals surface area (Å²) in [6, 6.07) is 0.860. The van der Waals surface area contributed by atoms with Crippen molar-refractivity contribution in [2.24, 2.45) is 5.92 Å². The second-order valence-electron chi connectivity index (χ2n) is 5.09. The monoisotopic (exact) mass is 227 g/mol. The van der Waals surface area contributed by atoms with Gasteiger partial charge in [0.1, 0.15) is 0 Å². The van der Waals surface area contributed by atoms with E-state index in [0.717, 1.165) is 32.5 Å². The Bertz CT molecular complexity index is 177. The van der Waals surface area contributed by atoms with Gasteiger partial charge in [-0.1, -0.05) is 0 Å². The predicted octanol–water partition coefficient (Wildman–Crippen LogP) is 1.96. The minimum absolute atomic E-state index is 0.663. The summed E-state index contributed by atoms with van der Waals surface area (Å²) in [6.07, 6.45) is 7.78. The van der Waals surface area contributed by atoms with Crippen molar-refractivity contribution in [3.05, 3.63) is 0 Å². The van der Waals surface area contributed by atoms with Crippen LogP contribution >= 0.6 is 0 Å². The first-order chi connectivity index (χ1) is 7.95. The Labute approximate surface area is 98.9 Å². The summed E-state index contributed by atoms with van der Waals surface area (Å²) in [5, 5.41) is 3.53. The quantitative estimate of drug-likeness (QED) is 0.611. The highest BCUT2D eigenvalue weighted by Gasteiger charge is 2.19. The van der Waals surface area contributed by atoms with E-state index >= 15 is 0 Å². The maximum Gasteiger partial charge on any atom is 0.0517 e. The van der Waals surface area contributed by atoms with Gasteiger partial charge in [0.15, 0.2) is 0 Å². The van der Waals surface area contributed by atoms with Gasteiger partial charge in [-0.2, -0.15) is 0 Å². The topological polar surface area (TPSA) is 30.5 Å². The van der Waals surface area contributed by atoms with Crippen LogP contribution in [-0.2, 0) is 9.47 Å². The standard InChI is InChI=1S/C13H25NO2/c1(2-7-14-13-4-5-13)3-8-15-10-12-6-9-16-11-12/h12-14H,1-11H2. The molecule has 1 unspecified atom stereocenters. The molecule has 1 saturated carbocycles. The molecule has 1 aliphatic carbocycles. The van der Waals surface area contributed by atoms with Gasteiger partial charge in [0, 0.05) is 25.2 Å². The number of nitrogens with one attached hydrogen (secondary N) is 1. The van der Waals surface area contributed by atoms with Crippen LogP contribution < -0.4 is 5.32 Å². The molecule has 3 heteroatoms. The van der Waals surface area contributed by atoms with Crippen LogP contribution in [0.2, 0.25) is 0 Å². The summed E-state index contributed by atoms with van der Waals surface area (Å²) in [5.41, 5.74) is 0. The van der Waals surface area contributed by atoms with Gasteiger partial charge in [-0.25, -0.2) is 0 Å². The van der Waals surface area contributed by atoms with Crippen molar-refractivity contribution in [3.8, 4) is 0 Å². The lowest BCUT2D eigenvalue weighted by Crippen LogP contribution is -2.17. The van der Waals surface area contributed by atoms with Gasteiger partial charge in [0.2, 0.25) is 0 Å². The molecule has 2 rings (SSSR count). The molecule has 1 N–H and O–H groups in total. The summed E-state index contributed by atoms with van der Waals surface area (Å²) in [6.45, 7) is 4.87. The molecule has 0 aromatic rings. The van der Waals surface area contributed by atoms with Gasteiger partial charge in [-0.3, -0.25) is 0 Å². The first kappa shape index (κ1) is 12.3. The van der Waals surface area contributed by atoms with E-state index in [1.54, 1.807) is 0 Å². The van der Waals surface area contributed by atoms with Crippen LogP contribution in [0.3, 0.4) is 0 Å². The number of hydrogen-bond donors (Lipinski definition) is 1. The molecule has 0 bridgehead atoms. The molecular weight excluding hydrogens is 202 g/mol. The van der Waals surface area contributed by atoms with E-state index in [1.165, 1.54) is 45.1 Å². The Hall–Kier alpha value is -0.120. The zero-order valence-electron chi connectivity index (χ0n) is 10.2. The fourth-order valence-electron chi connectivity index (χ4n) is 2.06. The van der Waals surface area contributed by atoms with Crippen molar-refractivity contribution < 1.29 is 9.47 Å². The Morgan fingerprint density at radius 3 is 2.81 bits per heavy atom. The molecule has 0 spiro atoms. The molecular formula is C13H25NO2. The van der Waals surface area contributed by atoms with Gasteiger partial charge in [0.25, 0.3) is 0 Å². The van der Waals surface area contributed by atoms with Crippen LogP contribution in [0.15, 0.2) is 0 Å². The molecule has 0 radical (unpaired) electrons. The highest BCUT2D eigenvalue weighted by molar-refractivity contribution is 4.80. The molecule has 0 amide bonds. The van der Waals surface area contributed by atoms with E-state index in [9.17, 15) is 0 Å². The minimum Gasteiger partial charge on any atom is -0.381 e. The zero-order valence-corrected chi connectivity index (χ0v) is 10.2. The minimum atomic E-state index is 0.663. The summed E-state index contributed by atoms with van der Waals surface area (Å²) in [7, 11) is 0. The van der Waals surface area contributed by atoms with Gasteiger partial charge >= 0.3 is 0 Å². The highest BCUT2D eigenvalue weighted by Crippen LogP contribution is 2.18. The van der Waals surface area contributed by atoms with Crippen LogP contribution in [0.1, 0.15) is 38.5 Å². The van der Waals surface area contributed by atoms with Gasteiger partial charge in [-0.15, -0.1) is 0 Å². The van der Waals surface area contributed by atoms with E-state index in [-0.39, 0.29) is 0 Å². The molecule has 2 fully saturated rings. The zero-order chi connectivity index (χ0) is 11.1. The maximum absolute atomic E-state index is 5.66. The van der Waals surface area contributed by atoms with E-state index in [0.29, 0.717) is 5.92 Å². The fourth-order valence-corrected chi connectivity index (χ4v) is 2.06. The maximum atomic E-state index is 5.66. The lowest BCUT2D eigenvalue weighted by atomic mass is 10.1. The van der Waals surface area contributed by atoms with Crippen LogP contribution in [0.4, 0.5) is 0 Å². The van der Waals surface area contributed by atoms with Gasteiger partial charge in [0.05, 0.1) is 13.2 Å². The summed E-state index contributed by atoms with van der Waals surface area (Å²) in [5.74, 6) is 0.663. The number of rotatable bonds is 9. The number of unbranched alkanes of at least 4 members (excludes halogenated alkanes) is 2. The average Bonchev–Trinajstić information content (AvgIpc) is 2.97. The number of hydrogen-bond acceptors (Lipinski definition) is 3. The second kappa shape index (κ2) is 7.25. The van der Waals surface area contributed by atoms with Crippen LogP contribution in [0.25, 0.3) is 0 Å². The van der Waals surface area contributed by atoms with Crippen molar-refractivity contribution in [1.29, 1.82) is 0 Å². The molecule has 0 aromatic heterocycles. The molecule has 1 aliphatic heterocycles. The van der Waals surface area contributed by atoms with Crippen LogP contribution in [0.5, 0.6) is 0 Å². The van der Waals surface area contributed by atoms with Crippen molar-refractivity contribution in [2.75, 3.05) is 33.0 Å². The molecule has 2 aliphatic rings. The molecule has 16 heavy (non-hydrogen) atoms. The number of ether oxygens (including phenoxy) is 2. The van der Waals surface area contributed by atoms with Crippen LogP contribution in [0, 0.1) is 5.92 Å². The SMILES string of the molecule is C(CCNC1CC1)CCOCC1CCOC1. The summed E-state index contributed by atoms with van der Waals surface area (Å²) < 4.78 is 11.0. The lowest BCUT2D eigenvalue weighted by Gasteiger charge is -2.08. The Morgan fingerprint density at radius 2 is 2.06 bits per heavy atom. The van der Waals surface area contributed by atoms with Gasteiger partial charge < -0.3 is 14.8 Å². The van der Waals surface area contributed by atoms with E-state index in [2.05, 4.69) is 5.32 Å². The Morgan fingerprint density at radius 1 is 1.12 bits per heavy atom. The van der Waals surface area contributed by atoms with Crippen molar-refractivity contribution >= 4 is 0 Å². The predicted molar refractivity (Wildman–Crippen MR) is 64.6 cm³/mol. The van der Waals surface area contributed by atoms with Crippen molar-refractivity contribution in [2.45, 2.75) is 44.6 Å². The van der Waals surface area contributed by atoms with E-state index in [4.69, 9.17) is 9.47 Å². The third kappa shape index (κ3) is 5.28. The van der Waals surface area contributed by atoms with E-state index < -0.39 is 0 Å². The average molecular weight is 227 g/mol. The third-order valence-electron chi connectivity index (χ3n) is 3.35. The first-order valence-electron chi connectivity index (χ1n) is 6.84. The summed E-state index contributed by atoms with van der Waals surface area (Å²) >= 11 is 0. The highest BCUT2D eigenvalue weighted by atomic mass is 16.5. The third-order valence-corrected chi connectivity index (χ3v) is 3.35. The molecule has 0 aromatic carbocycles. The molecule has 1 saturated heterocycles. The van der Waals surface area contributed by atoms with Crippen LogP contribution in [-0.4, -0.2) is 39.0 Å². The normalized spacial score (nSPS) is 25.1. The van der Waals surface area contributed by atoms with Crippen molar-refractivity contribution in [3.63, 3.8) is 0 Å².